The van der Waals surface area contributed by atoms with Crippen LogP contribution in [0.25, 0.3) is 6.08 Å². The lowest BCUT2D eigenvalue weighted by Crippen LogP contribution is -2.35. The van der Waals surface area contributed by atoms with Crippen LogP contribution < -0.4 is 5.32 Å². The Labute approximate surface area is 176 Å². The number of halogens is 1. The van der Waals surface area contributed by atoms with Crippen molar-refractivity contribution in [1.82, 2.24) is 19.4 Å². The Morgan fingerprint density at radius 2 is 2.07 bits per heavy atom. The number of benzene rings is 1. The Morgan fingerprint density at radius 3 is 2.76 bits per heavy atom. The molecule has 0 unspecified atom stereocenters. The molecule has 1 N–H and O–H groups in total. The van der Waals surface area contributed by atoms with Gasteiger partial charge in [-0.1, -0.05) is 29.8 Å². The van der Waals surface area contributed by atoms with E-state index in [2.05, 4.69) is 10.4 Å². The molecular weight excluding hydrogens is 412 g/mol. The van der Waals surface area contributed by atoms with Crippen LogP contribution in [-0.4, -0.2) is 53.8 Å². The van der Waals surface area contributed by atoms with Crippen LogP contribution in [0.15, 0.2) is 30.3 Å². The van der Waals surface area contributed by atoms with Gasteiger partial charge in [0.05, 0.1) is 18.0 Å². The topological polar surface area (TPSA) is 84.3 Å². The maximum atomic E-state index is 12.1. The summed E-state index contributed by atoms with van der Waals surface area (Å²) in [6, 6.07) is 7.63. The van der Waals surface area contributed by atoms with Crippen molar-refractivity contribution < 1.29 is 13.2 Å². The first-order valence-corrected chi connectivity index (χ1v) is 11.5. The third-order valence-corrected chi connectivity index (χ3v) is 7.31. The predicted molar refractivity (Wildman–Crippen MR) is 114 cm³/mol. The minimum Gasteiger partial charge on any atom is -0.351 e. The third kappa shape index (κ3) is 5.26. The Kier molecular flexibility index (Phi) is 6.77. The highest BCUT2D eigenvalue weighted by molar-refractivity contribution is 7.89. The molecule has 1 aliphatic heterocycles. The van der Waals surface area contributed by atoms with Crippen LogP contribution >= 0.6 is 11.6 Å². The molecule has 1 saturated heterocycles. The van der Waals surface area contributed by atoms with E-state index >= 15 is 0 Å². The summed E-state index contributed by atoms with van der Waals surface area (Å²) in [5.74, 6) is -0.0725. The summed E-state index contributed by atoms with van der Waals surface area (Å²) in [7, 11) is -3.13. The van der Waals surface area contributed by atoms with Crippen LogP contribution in [-0.2, 0) is 21.4 Å². The summed E-state index contributed by atoms with van der Waals surface area (Å²) in [4.78, 5) is 12.1. The lowest BCUT2D eigenvalue weighted by atomic mass is 10.1. The first kappa shape index (κ1) is 21.5. The first-order chi connectivity index (χ1) is 13.8. The lowest BCUT2D eigenvalue weighted by molar-refractivity contribution is -0.116. The fourth-order valence-electron chi connectivity index (χ4n) is 3.36. The van der Waals surface area contributed by atoms with E-state index in [9.17, 15) is 13.2 Å². The molecule has 0 saturated carbocycles. The van der Waals surface area contributed by atoms with Crippen LogP contribution in [0, 0.1) is 13.8 Å². The van der Waals surface area contributed by atoms with E-state index in [0.29, 0.717) is 31.1 Å². The number of aryl methyl sites for hydroxylation is 1. The highest BCUT2D eigenvalue weighted by Gasteiger charge is 2.27. The molecule has 1 aromatic heterocycles. The predicted octanol–water partition coefficient (Wildman–Crippen LogP) is 2.37. The second kappa shape index (κ2) is 9.11. The number of carbonyl (C=O) groups is 1. The van der Waals surface area contributed by atoms with Gasteiger partial charge in [-0.25, -0.2) is 12.7 Å². The van der Waals surface area contributed by atoms with Gasteiger partial charge in [0, 0.05) is 42.0 Å². The molecule has 9 heteroatoms. The highest BCUT2D eigenvalue weighted by atomic mass is 35.5. The molecule has 0 radical (unpaired) electrons. The normalized spacial score (nSPS) is 16.5. The molecule has 156 valence electrons. The van der Waals surface area contributed by atoms with Crippen molar-refractivity contribution in [2.75, 3.05) is 25.4 Å². The average molecular weight is 437 g/mol. The molecule has 29 heavy (non-hydrogen) atoms. The number of aromatic nitrogens is 2. The molecule has 3 rings (SSSR count). The van der Waals surface area contributed by atoms with Gasteiger partial charge in [0.2, 0.25) is 15.9 Å². The molecule has 0 atom stereocenters. The number of rotatable bonds is 7. The molecule has 2 heterocycles. The van der Waals surface area contributed by atoms with Crippen molar-refractivity contribution in [2.24, 2.45) is 0 Å². The molecule has 1 aliphatic rings. The van der Waals surface area contributed by atoms with Gasteiger partial charge in [0.15, 0.2) is 0 Å². The summed E-state index contributed by atoms with van der Waals surface area (Å²) < 4.78 is 26.8. The van der Waals surface area contributed by atoms with Gasteiger partial charge in [-0.05, 0) is 38.0 Å². The number of hydrogen-bond donors (Lipinski definition) is 1. The number of nitrogens with zero attached hydrogens (tertiary/aromatic N) is 3. The van der Waals surface area contributed by atoms with Crippen LogP contribution in [0.4, 0.5) is 0 Å². The second-order valence-electron chi connectivity index (χ2n) is 7.03. The molecule has 0 aliphatic carbocycles. The van der Waals surface area contributed by atoms with E-state index < -0.39 is 10.0 Å². The maximum Gasteiger partial charge on any atom is 0.244 e. The average Bonchev–Trinajstić information content (AvgIpc) is 3.13. The minimum atomic E-state index is -3.13. The molecule has 1 aromatic carbocycles. The summed E-state index contributed by atoms with van der Waals surface area (Å²) in [5, 5.41) is 7.98. The Bertz CT molecular complexity index is 1030. The zero-order valence-corrected chi connectivity index (χ0v) is 18.1. The first-order valence-electron chi connectivity index (χ1n) is 9.49. The van der Waals surface area contributed by atoms with E-state index in [1.165, 1.54) is 10.4 Å². The Balaban J connectivity index is 1.59. The van der Waals surface area contributed by atoms with Gasteiger partial charge in [0.1, 0.15) is 0 Å². The lowest BCUT2D eigenvalue weighted by Gasteiger charge is -2.13. The maximum absolute atomic E-state index is 12.1. The van der Waals surface area contributed by atoms with Crippen molar-refractivity contribution in [1.29, 1.82) is 0 Å². The van der Waals surface area contributed by atoms with E-state index in [0.717, 1.165) is 22.5 Å². The van der Waals surface area contributed by atoms with Crippen LogP contribution in [0.1, 0.15) is 28.9 Å². The standard InChI is InChI=1S/C20H25ClN4O3S/c1-15-18(16(2)25(23-15)14-17-6-3-4-7-19(17)21)8-9-20(26)22-10-12-24-11-5-13-29(24,27)28/h3-4,6-9H,5,10-14H2,1-2H3,(H,22,26). The second-order valence-corrected chi connectivity index (χ2v) is 9.52. The van der Waals surface area contributed by atoms with Gasteiger partial charge >= 0.3 is 0 Å². The minimum absolute atomic E-state index is 0.192. The van der Waals surface area contributed by atoms with Gasteiger partial charge in [-0.15, -0.1) is 0 Å². The fourth-order valence-corrected chi connectivity index (χ4v) is 5.08. The van der Waals surface area contributed by atoms with Gasteiger partial charge in [-0.3, -0.25) is 9.48 Å². The van der Waals surface area contributed by atoms with E-state index in [4.69, 9.17) is 11.6 Å². The molecule has 7 nitrogen and oxygen atoms in total. The zero-order chi connectivity index (χ0) is 21.0. The smallest absolute Gasteiger partial charge is 0.244 e. The summed E-state index contributed by atoms with van der Waals surface area (Å²) in [5.41, 5.74) is 3.62. The quantitative estimate of drug-likeness (QED) is 0.675. The molecule has 1 amide bonds. The number of amides is 1. The summed E-state index contributed by atoms with van der Waals surface area (Å²) in [6.45, 7) is 5.51. The third-order valence-electron chi connectivity index (χ3n) is 4.98. The van der Waals surface area contributed by atoms with Crippen molar-refractivity contribution >= 4 is 33.6 Å². The number of carbonyl (C=O) groups excluding carboxylic acids is 1. The van der Waals surface area contributed by atoms with Crippen LogP contribution in [0.2, 0.25) is 5.02 Å². The Hall–Kier alpha value is -2.16. The van der Waals surface area contributed by atoms with Crippen LogP contribution in [0.3, 0.4) is 0 Å². The number of hydrogen-bond acceptors (Lipinski definition) is 4. The number of nitrogens with one attached hydrogen (secondary N) is 1. The summed E-state index contributed by atoms with van der Waals surface area (Å²) >= 11 is 6.24. The molecule has 0 bridgehead atoms. The van der Waals surface area contributed by atoms with Crippen molar-refractivity contribution in [3.63, 3.8) is 0 Å². The Morgan fingerprint density at radius 1 is 1.31 bits per heavy atom. The van der Waals surface area contributed by atoms with Gasteiger partial charge in [0.25, 0.3) is 0 Å². The SMILES string of the molecule is Cc1nn(Cc2ccccc2Cl)c(C)c1C=CC(=O)NCCN1CCCS1(=O)=O. The van der Waals surface area contributed by atoms with Crippen molar-refractivity contribution in [3.8, 4) is 0 Å². The largest absolute Gasteiger partial charge is 0.351 e. The van der Waals surface area contributed by atoms with Crippen molar-refractivity contribution in [3.05, 3.63) is 57.9 Å². The molecule has 2 aromatic rings. The highest BCUT2D eigenvalue weighted by Crippen LogP contribution is 2.20. The monoisotopic (exact) mass is 436 g/mol. The van der Waals surface area contributed by atoms with Gasteiger partial charge < -0.3 is 5.32 Å². The number of sulfonamides is 1. The van der Waals surface area contributed by atoms with Crippen LogP contribution in [0.5, 0.6) is 0 Å². The molecule has 0 spiro atoms. The van der Waals surface area contributed by atoms with E-state index in [-0.39, 0.29) is 18.2 Å². The fraction of sp³-hybridized carbons (Fsp3) is 0.400. The molecule has 1 fully saturated rings. The van der Waals surface area contributed by atoms with E-state index in [1.54, 1.807) is 6.08 Å². The van der Waals surface area contributed by atoms with E-state index in [1.807, 2.05) is 42.8 Å². The molecular formula is C20H25ClN4O3S. The van der Waals surface area contributed by atoms with Crippen molar-refractivity contribution in [2.45, 2.75) is 26.8 Å². The summed E-state index contributed by atoms with van der Waals surface area (Å²) in [6.07, 6.45) is 3.84. The van der Waals surface area contributed by atoms with Gasteiger partial charge in [-0.2, -0.15) is 5.10 Å². The zero-order valence-electron chi connectivity index (χ0n) is 16.6.